The molecule has 1 heterocycles. The van der Waals surface area contributed by atoms with Crippen molar-refractivity contribution in [3.63, 3.8) is 0 Å². The van der Waals surface area contributed by atoms with E-state index in [1.807, 2.05) is 0 Å². The van der Waals surface area contributed by atoms with Crippen LogP contribution in [0, 0.1) is 0 Å². The van der Waals surface area contributed by atoms with Gasteiger partial charge in [0.1, 0.15) is 0 Å². The fraction of sp³-hybridized carbons (Fsp3) is 0.462. The van der Waals surface area contributed by atoms with Gasteiger partial charge in [0.05, 0.1) is 30.4 Å². The first-order valence-electron chi connectivity index (χ1n) is 6.24. The summed E-state index contributed by atoms with van der Waals surface area (Å²) in [6, 6.07) is 3.25. The number of rotatable bonds is 4. The van der Waals surface area contributed by atoms with E-state index < -0.39 is 0 Å². The first-order chi connectivity index (χ1) is 9.60. The normalized spacial score (nSPS) is 17.8. The second kappa shape index (κ2) is 8.66. The summed E-state index contributed by atoms with van der Waals surface area (Å²) in [6.07, 6.45) is 0.335. The van der Waals surface area contributed by atoms with Crippen LogP contribution in [0.1, 0.15) is 6.42 Å². The molecule has 8 heteroatoms. The van der Waals surface area contributed by atoms with E-state index in [0.29, 0.717) is 41.1 Å². The van der Waals surface area contributed by atoms with Gasteiger partial charge in [-0.2, -0.15) is 0 Å². The number of halogens is 3. The van der Waals surface area contributed by atoms with Crippen molar-refractivity contribution < 1.29 is 14.3 Å². The Morgan fingerprint density at radius 3 is 2.67 bits per heavy atom. The standard InChI is InChI=1S/C13H16Cl2N2O3.ClH/c1-19-13-10(14)4-8(5-11(13)15)17-12(18)6-9-7-20-3-2-16-9;/h4-5,9,16H,2-3,6-7H2,1H3,(H,17,18);1H. The number of morpholine rings is 1. The Bertz CT molecular complexity index is 471. The molecule has 0 saturated carbocycles. The third-order valence-electron chi connectivity index (χ3n) is 2.92. The molecule has 2 rings (SSSR count). The van der Waals surface area contributed by atoms with E-state index in [-0.39, 0.29) is 24.4 Å². The summed E-state index contributed by atoms with van der Waals surface area (Å²) in [5.41, 5.74) is 0.544. The quantitative estimate of drug-likeness (QED) is 0.872. The van der Waals surface area contributed by atoms with Crippen LogP contribution in [0.5, 0.6) is 5.75 Å². The number of hydrogen-bond donors (Lipinski definition) is 2. The van der Waals surface area contributed by atoms with Gasteiger partial charge >= 0.3 is 0 Å². The third-order valence-corrected chi connectivity index (χ3v) is 3.48. The molecule has 1 aromatic rings. The highest BCUT2D eigenvalue weighted by molar-refractivity contribution is 6.37. The molecule has 1 atom stereocenters. The molecule has 0 aromatic heterocycles. The first kappa shape index (κ1) is 18.3. The first-order valence-corrected chi connectivity index (χ1v) is 6.99. The van der Waals surface area contributed by atoms with Crippen molar-refractivity contribution in [1.82, 2.24) is 5.32 Å². The molecule has 1 amide bonds. The zero-order chi connectivity index (χ0) is 14.5. The van der Waals surface area contributed by atoms with E-state index in [4.69, 9.17) is 32.7 Å². The number of amides is 1. The van der Waals surface area contributed by atoms with Crippen LogP contribution in [0.25, 0.3) is 0 Å². The molecule has 1 unspecified atom stereocenters. The molecule has 2 N–H and O–H groups in total. The van der Waals surface area contributed by atoms with Crippen molar-refractivity contribution in [2.75, 3.05) is 32.2 Å². The Hall–Kier alpha value is -0.720. The van der Waals surface area contributed by atoms with Gasteiger partial charge in [-0.05, 0) is 12.1 Å². The van der Waals surface area contributed by atoms with E-state index >= 15 is 0 Å². The van der Waals surface area contributed by atoms with Gasteiger partial charge in [0.15, 0.2) is 5.75 Å². The molecule has 1 aromatic carbocycles. The van der Waals surface area contributed by atoms with Crippen LogP contribution >= 0.6 is 35.6 Å². The van der Waals surface area contributed by atoms with E-state index in [1.165, 1.54) is 7.11 Å². The maximum absolute atomic E-state index is 11.9. The lowest BCUT2D eigenvalue weighted by Crippen LogP contribution is -2.43. The average molecular weight is 356 g/mol. The topological polar surface area (TPSA) is 59.6 Å². The average Bonchev–Trinajstić information content (AvgIpc) is 2.39. The van der Waals surface area contributed by atoms with Crippen molar-refractivity contribution in [1.29, 1.82) is 0 Å². The van der Waals surface area contributed by atoms with Crippen LogP contribution in [0.2, 0.25) is 10.0 Å². The van der Waals surface area contributed by atoms with Gasteiger partial charge < -0.3 is 20.1 Å². The molecule has 0 aliphatic carbocycles. The van der Waals surface area contributed by atoms with Crippen LogP contribution in [0.4, 0.5) is 5.69 Å². The molecule has 21 heavy (non-hydrogen) atoms. The molecule has 0 spiro atoms. The van der Waals surface area contributed by atoms with Crippen LogP contribution < -0.4 is 15.4 Å². The Morgan fingerprint density at radius 2 is 2.14 bits per heavy atom. The minimum absolute atomic E-state index is 0. The molecule has 0 radical (unpaired) electrons. The number of nitrogens with one attached hydrogen (secondary N) is 2. The zero-order valence-electron chi connectivity index (χ0n) is 11.4. The number of anilines is 1. The molecule has 5 nitrogen and oxygen atoms in total. The van der Waals surface area contributed by atoms with E-state index in [1.54, 1.807) is 12.1 Å². The van der Waals surface area contributed by atoms with Gasteiger partial charge in [-0.3, -0.25) is 4.79 Å². The SMILES string of the molecule is COc1c(Cl)cc(NC(=O)CC2COCCN2)cc1Cl.Cl. The van der Waals surface area contributed by atoms with Crippen LogP contribution in [0.15, 0.2) is 12.1 Å². The Morgan fingerprint density at radius 1 is 1.48 bits per heavy atom. The lowest BCUT2D eigenvalue weighted by Gasteiger charge is -2.23. The monoisotopic (exact) mass is 354 g/mol. The van der Waals surface area contributed by atoms with Gasteiger partial charge in [-0.25, -0.2) is 0 Å². The smallest absolute Gasteiger partial charge is 0.226 e. The van der Waals surface area contributed by atoms with Gasteiger partial charge in [-0.15, -0.1) is 12.4 Å². The number of hydrogen-bond acceptors (Lipinski definition) is 4. The highest BCUT2D eigenvalue weighted by Gasteiger charge is 2.17. The summed E-state index contributed by atoms with van der Waals surface area (Å²) in [6.45, 7) is 1.98. The summed E-state index contributed by atoms with van der Waals surface area (Å²) in [5, 5.41) is 6.69. The Balaban J connectivity index is 0.00000220. The number of ether oxygens (including phenoxy) is 2. The number of benzene rings is 1. The molecule has 1 saturated heterocycles. The molecule has 1 aliphatic rings. The minimum atomic E-state index is -0.120. The van der Waals surface area contributed by atoms with Gasteiger partial charge in [-0.1, -0.05) is 23.2 Å². The van der Waals surface area contributed by atoms with Gasteiger partial charge in [0.2, 0.25) is 5.91 Å². The largest absolute Gasteiger partial charge is 0.494 e. The van der Waals surface area contributed by atoms with E-state index in [9.17, 15) is 4.79 Å². The second-order valence-corrected chi connectivity index (χ2v) is 5.27. The summed E-state index contributed by atoms with van der Waals surface area (Å²) in [5.74, 6) is 0.277. The number of methoxy groups -OCH3 is 1. The Kier molecular flexibility index (Phi) is 7.56. The zero-order valence-corrected chi connectivity index (χ0v) is 13.8. The molecule has 0 bridgehead atoms. The van der Waals surface area contributed by atoms with Crippen LogP contribution in [0.3, 0.4) is 0 Å². The Labute approximate surface area is 139 Å². The number of carbonyl (C=O) groups is 1. The van der Waals surface area contributed by atoms with Crippen LogP contribution in [-0.4, -0.2) is 38.8 Å². The van der Waals surface area contributed by atoms with Crippen molar-refractivity contribution in [3.8, 4) is 5.75 Å². The number of carbonyl (C=O) groups excluding carboxylic acids is 1. The predicted molar refractivity (Wildman–Crippen MR) is 86.1 cm³/mol. The van der Waals surface area contributed by atoms with E-state index in [2.05, 4.69) is 10.6 Å². The highest BCUT2D eigenvalue weighted by Crippen LogP contribution is 2.35. The molecular formula is C13H17Cl3N2O3. The lowest BCUT2D eigenvalue weighted by atomic mass is 10.2. The summed E-state index contributed by atoms with van der Waals surface area (Å²) < 4.78 is 10.4. The molecular weight excluding hydrogens is 339 g/mol. The van der Waals surface area contributed by atoms with Gasteiger partial charge in [0, 0.05) is 24.7 Å². The maximum Gasteiger partial charge on any atom is 0.226 e. The van der Waals surface area contributed by atoms with E-state index in [0.717, 1.165) is 6.54 Å². The van der Waals surface area contributed by atoms with Crippen molar-refractivity contribution in [3.05, 3.63) is 22.2 Å². The fourth-order valence-corrected chi connectivity index (χ4v) is 2.66. The lowest BCUT2D eigenvalue weighted by molar-refractivity contribution is -0.117. The molecule has 1 fully saturated rings. The molecule has 1 aliphatic heterocycles. The highest BCUT2D eigenvalue weighted by atomic mass is 35.5. The molecule has 118 valence electrons. The predicted octanol–water partition coefficient (Wildman–Crippen LogP) is 2.74. The van der Waals surface area contributed by atoms with Crippen molar-refractivity contribution in [2.45, 2.75) is 12.5 Å². The van der Waals surface area contributed by atoms with Gasteiger partial charge in [0.25, 0.3) is 0 Å². The maximum atomic E-state index is 11.9. The minimum Gasteiger partial charge on any atom is -0.494 e. The fourth-order valence-electron chi connectivity index (χ4n) is 2.01. The van der Waals surface area contributed by atoms with Crippen molar-refractivity contribution >= 4 is 47.2 Å². The van der Waals surface area contributed by atoms with Crippen LogP contribution in [-0.2, 0) is 9.53 Å². The second-order valence-electron chi connectivity index (χ2n) is 4.45. The summed E-state index contributed by atoms with van der Waals surface area (Å²) >= 11 is 12.0. The summed E-state index contributed by atoms with van der Waals surface area (Å²) in [7, 11) is 1.49. The van der Waals surface area contributed by atoms with Crippen molar-refractivity contribution in [2.24, 2.45) is 0 Å². The third kappa shape index (κ3) is 5.20. The summed E-state index contributed by atoms with van der Waals surface area (Å²) in [4.78, 5) is 11.9.